The van der Waals surface area contributed by atoms with E-state index in [0.717, 1.165) is 16.9 Å². The lowest BCUT2D eigenvalue weighted by molar-refractivity contribution is -0.127. The number of aromatic nitrogens is 3. The molecule has 0 bridgehead atoms. The van der Waals surface area contributed by atoms with Gasteiger partial charge in [0.15, 0.2) is 11.0 Å². The molecular formula is C20H21N5O2S. The molecule has 144 valence electrons. The Labute approximate surface area is 168 Å². The maximum absolute atomic E-state index is 12.3. The van der Waals surface area contributed by atoms with Crippen LogP contribution in [0.5, 0.6) is 0 Å². The first-order valence-corrected chi connectivity index (χ1v) is 9.84. The van der Waals surface area contributed by atoms with Crippen molar-refractivity contribution in [3.63, 3.8) is 0 Å². The summed E-state index contributed by atoms with van der Waals surface area (Å²) in [6.07, 6.45) is 1.95. The molecule has 0 saturated heterocycles. The molecule has 28 heavy (non-hydrogen) atoms. The summed E-state index contributed by atoms with van der Waals surface area (Å²) >= 11 is 1.34. The first kappa shape index (κ1) is 19.7. The van der Waals surface area contributed by atoms with Gasteiger partial charge in [0.05, 0.1) is 36.6 Å². The summed E-state index contributed by atoms with van der Waals surface area (Å²) in [5.74, 6) is 1.67. The first-order valence-electron chi connectivity index (χ1n) is 8.85. The molecule has 0 fully saturated rings. The third-order valence-electron chi connectivity index (χ3n) is 4.31. The predicted octanol–water partition coefficient (Wildman–Crippen LogP) is 3.36. The number of nitrogens with zero attached hydrogens (tertiary/aromatic N) is 5. The highest BCUT2D eigenvalue weighted by molar-refractivity contribution is 7.99. The van der Waals surface area contributed by atoms with Crippen LogP contribution in [-0.2, 0) is 11.3 Å². The number of carbonyl (C=O) groups excluding carboxylic acids is 1. The molecule has 0 aliphatic carbocycles. The second-order valence-corrected chi connectivity index (χ2v) is 7.22. The van der Waals surface area contributed by atoms with Gasteiger partial charge in [-0.2, -0.15) is 5.26 Å². The molecule has 0 radical (unpaired) electrons. The predicted molar refractivity (Wildman–Crippen MR) is 107 cm³/mol. The van der Waals surface area contributed by atoms with Crippen molar-refractivity contribution in [1.29, 1.82) is 5.26 Å². The number of benzene rings is 1. The highest BCUT2D eigenvalue weighted by Gasteiger charge is 2.19. The molecule has 1 amide bonds. The van der Waals surface area contributed by atoms with E-state index in [1.54, 1.807) is 18.2 Å². The van der Waals surface area contributed by atoms with E-state index in [2.05, 4.69) is 16.3 Å². The van der Waals surface area contributed by atoms with Gasteiger partial charge in [-0.15, -0.1) is 10.2 Å². The van der Waals surface area contributed by atoms with Crippen molar-refractivity contribution in [2.45, 2.75) is 25.0 Å². The Morgan fingerprint density at radius 2 is 2.07 bits per heavy atom. The van der Waals surface area contributed by atoms with Crippen molar-refractivity contribution in [2.75, 3.05) is 19.3 Å². The van der Waals surface area contributed by atoms with Gasteiger partial charge in [-0.25, -0.2) is 0 Å². The molecule has 0 aliphatic rings. The Kier molecular flexibility index (Phi) is 6.50. The van der Waals surface area contributed by atoms with Crippen LogP contribution in [0.1, 0.15) is 17.7 Å². The van der Waals surface area contributed by atoms with Crippen molar-refractivity contribution in [3.05, 3.63) is 54.0 Å². The van der Waals surface area contributed by atoms with Gasteiger partial charge in [-0.1, -0.05) is 42.1 Å². The van der Waals surface area contributed by atoms with Gasteiger partial charge in [-0.3, -0.25) is 9.36 Å². The molecule has 2 aromatic heterocycles. The van der Waals surface area contributed by atoms with Crippen molar-refractivity contribution >= 4 is 17.7 Å². The fourth-order valence-corrected chi connectivity index (χ4v) is 3.58. The maximum atomic E-state index is 12.3. The fraction of sp³-hybridized carbons (Fsp3) is 0.300. The number of aryl methyl sites for hydroxylation is 1. The molecule has 3 rings (SSSR count). The third-order valence-corrected chi connectivity index (χ3v) is 5.26. The summed E-state index contributed by atoms with van der Waals surface area (Å²) in [5, 5.41) is 18.0. The van der Waals surface area contributed by atoms with Crippen LogP contribution in [0, 0.1) is 18.3 Å². The van der Waals surface area contributed by atoms with Crippen molar-refractivity contribution in [3.8, 4) is 17.5 Å². The van der Waals surface area contributed by atoms with Gasteiger partial charge < -0.3 is 9.32 Å². The molecular weight excluding hydrogens is 374 g/mol. The zero-order valence-corrected chi connectivity index (χ0v) is 16.6. The monoisotopic (exact) mass is 395 g/mol. The van der Waals surface area contributed by atoms with Crippen molar-refractivity contribution in [2.24, 2.45) is 0 Å². The van der Waals surface area contributed by atoms with Gasteiger partial charge in [0.2, 0.25) is 5.91 Å². The van der Waals surface area contributed by atoms with Gasteiger partial charge >= 0.3 is 0 Å². The van der Waals surface area contributed by atoms with E-state index in [1.807, 2.05) is 47.9 Å². The van der Waals surface area contributed by atoms with Crippen LogP contribution in [0.4, 0.5) is 0 Å². The average molecular weight is 395 g/mol. The van der Waals surface area contributed by atoms with E-state index in [4.69, 9.17) is 9.68 Å². The largest absolute Gasteiger partial charge is 0.469 e. The van der Waals surface area contributed by atoms with Crippen LogP contribution in [0.25, 0.3) is 11.4 Å². The van der Waals surface area contributed by atoms with Crippen LogP contribution in [-0.4, -0.2) is 44.9 Å². The molecule has 8 heteroatoms. The van der Waals surface area contributed by atoms with Crippen molar-refractivity contribution in [1.82, 2.24) is 19.7 Å². The van der Waals surface area contributed by atoms with Gasteiger partial charge in [0.1, 0.15) is 5.76 Å². The fourth-order valence-electron chi connectivity index (χ4n) is 2.70. The number of thioether (sulfide) groups is 1. The third kappa shape index (κ3) is 4.61. The van der Waals surface area contributed by atoms with Crippen LogP contribution in [0.3, 0.4) is 0 Å². The molecule has 0 spiro atoms. The summed E-state index contributed by atoms with van der Waals surface area (Å²) in [5.41, 5.74) is 2.00. The van der Waals surface area contributed by atoms with Crippen molar-refractivity contribution < 1.29 is 9.21 Å². The lowest BCUT2D eigenvalue weighted by Gasteiger charge is -2.15. The van der Waals surface area contributed by atoms with Crippen LogP contribution < -0.4 is 0 Å². The summed E-state index contributed by atoms with van der Waals surface area (Å²) < 4.78 is 7.43. The Hall–Kier alpha value is -3.05. The molecule has 3 aromatic rings. The Morgan fingerprint density at radius 3 is 2.75 bits per heavy atom. The number of nitriles is 1. The van der Waals surface area contributed by atoms with Crippen LogP contribution in [0.2, 0.25) is 0 Å². The summed E-state index contributed by atoms with van der Waals surface area (Å²) in [7, 11) is 1.70. The lowest BCUT2D eigenvalue weighted by atomic mass is 10.2. The highest BCUT2D eigenvalue weighted by atomic mass is 32.2. The topological polar surface area (TPSA) is 88.0 Å². The zero-order chi connectivity index (χ0) is 19.9. The number of rotatable bonds is 8. The molecule has 0 N–H and O–H groups in total. The van der Waals surface area contributed by atoms with Crippen LogP contribution in [0.15, 0.2) is 52.2 Å². The highest BCUT2D eigenvalue weighted by Crippen LogP contribution is 2.28. The molecule has 2 heterocycles. The number of furan rings is 1. The number of amides is 1. The van der Waals surface area contributed by atoms with E-state index >= 15 is 0 Å². The minimum atomic E-state index is -0.0458. The van der Waals surface area contributed by atoms with Gasteiger partial charge in [0, 0.05) is 13.6 Å². The van der Waals surface area contributed by atoms with E-state index in [9.17, 15) is 4.79 Å². The second kappa shape index (κ2) is 9.24. The van der Waals surface area contributed by atoms with E-state index in [-0.39, 0.29) is 11.7 Å². The lowest BCUT2D eigenvalue weighted by Crippen LogP contribution is -2.29. The Morgan fingerprint density at radius 1 is 1.29 bits per heavy atom. The number of hydrogen-bond donors (Lipinski definition) is 0. The maximum Gasteiger partial charge on any atom is 0.232 e. The second-order valence-electron chi connectivity index (χ2n) is 6.28. The first-order chi connectivity index (χ1) is 13.6. The zero-order valence-electron chi connectivity index (χ0n) is 15.8. The normalized spacial score (nSPS) is 10.6. The van der Waals surface area contributed by atoms with Crippen LogP contribution >= 0.6 is 11.8 Å². The molecule has 0 atom stereocenters. The van der Waals surface area contributed by atoms with Gasteiger partial charge in [0.25, 0.3) is 0 Å². The summed E-state index contributed by atoms with van der Waals surface area (Å²) in [6, 6.07) is 14.0. The Bertz CT molecular complexity index is 974. The summed E-state index contributed by atoms with van der Waals surface area (Å²) in [6.45, 7) is 2.90. The quantitative estimate of drug-likeness (QED) is 0.544. The summed E-state index contributed by atoms with van der Waals surface area (Å²) in [4.78, 5) is 13.9. The molecule has 0 unspecified atom stereocenters. The number of carbonyl (C=O) groups is 1. The van der Waals surface area contributed by atoms with Gasteiger partial charge in [-0.05, 0) is 18.6 Å². The van der Waals surface area contributed by atoms with E-state index in [0.29, 0.717) is 30.5 Å². The average Bonchev–Trinajstić information content (AvgIpc) is 3.30. The minimum Gasteiger partial charge on any atom is -0.469 e. The minimum absolute atomic E-state index is 0.0458. The molecule has 0 aliphatic heterocycles. The Balaban J connectivity index is 1.83. The molecule has 1 aromatic carbocycles. The SMILES string of the molecule is Cc1occc1-c1nnc(SCC(=O)N(C)CCC#N)n1Cc1ccccc1. The standard InChI is InChI=1S/C20H21N5O2S/c1-15-17(9-12-27-15)19-22-23-20(25(19)13-16-7-4-3-5-8-16)28-14-18(26)24(2)11-6-10-21/h3-5,7-9,12H,6,11,13-14H2,1-2H3. The smallest absolute Gasteiger partial charge is 0.232 e. The number of hydrogen-bond acceptors (Lipinski definition) is 6. The van der Waals surface area contributed by atoms with E-state index < -0.39 is 0 Å². The molecule has 7 nitrogen and oxygen atoms in total. The molecule has 0 saturated carbocycles. The van der Waals surface area contributed by atoms with E-state index in [1.165, 1.54) is 11.8 Å².